The van der Waals surface area contributed by atoms with E-state index in [0.29, 0.717) is 24.4 Å². The molecule has 1 aromatic carbocycles. The first kappa shape index (κ1) is 14.8. The number of β-amino-alcohol motifs (C(OH)–C–C–N with tert-alkyl or cyclic N) is 2. The normalized spacial score (nSPS) is 21.1. The molecule has 0 amide bonds. The SMILES string of the molecule is N#Cc1ccc(OC[C@H](O)CN2CCC[C@@H](O)C2)cc1. The number of hydrogen-bond acceptors (Lipinski definition) is 5. The van der Waals surface area contributed by atoms with Crippen LogP contribution in [-0.4, -0.2) is 53.6 Å². The van der Waals surface area contributed by atoms with E-state index in [4.69, 9.17) is 10.00 Å². The molecule has 1 heterocycles. The molecule has 108 valence electrons. The molecule has 2 N–H and O–H groups in total. The van der Waals surface area contributed by atoms with Crippen LogP contribution < -0.4 is 4.74 Å². The number of aliphatic hydroxyl groups is 2. The smallest absolute Gasteiger partial charge is 0.119 e. The molecule has 2 atom stereocenters. The third kappa shape index (κ3) is 4.49. The summed E-state index contributed by atoms with van der Waals surface area (Å²) in [4.78, 5) is 2.06. The molecular weight excluding hydrogens is 256 g/mol. The average Bonchev–Trinajstić information content (AvgIpc) is 2.46. The molecule has 0 saturated carbocycles. The van der Waals surface area contributed by atoms with E-state index in [1.54, 1.807) is 24.3 Å². The molecule has 0 aliphatic carbocycles. The minimum atomic E-state index is -0.587. The molecule has 2 rings (SSSR count). The van der Waals surface area contributed by atoms with Crippen molar-refractivity contribution < 1.29 is 14.9 Å². The van der Waals surface area contributed by atoms with Crippen molar-refractivity contribution in [2.45, 2.75) is 25.0 Å². The molecule has 1 saturated heterocycles. The average molecular weight is 276 g/mol. The minimum Gasteiger partial charge on any atom is -0.491 e. The van der Waals surface area contributed by atoms with Crippen LogP contribution in [0.15, 0.2) is 24.3 Å². The summed E-state index contributed by atoms with van der Waals surface area (Å²) < 4.78 is 5.49. The Kier molecular flexibility index (Phi) is 5.36. The number of ether oxygens (including phenoxy) is 1. The lowest BCUT2D eigenvalue weighted by molar-refractivity contribution is 0.0243. The molecule has 1 fully saturated rings. The zero-order chi connectivity index (χ0) is 14.4. The first-order chi connectivity index (χ1) is 9.67. The van der Waals surface area contributed by atoms with Crippen molar-refractivity contribution in [3.05, 3.63) is 29.8 Å². The van der Waals surface area contributed by atoms with E-state index in [-0.39, 0.29) is 12.7 Å². The summed E-state index contributed by atoms with van der Waals surface area (Å²) in [5.41, 5.74) is 0.584. The number of rotatable bonds is 5. The van der Waals surface area contributed by atoms with Gasteiger partial charge in [-0.3, -0.25) is 4.90 Å². The lowest BCUT2D eigenvalue weighted by atomic mass is 10.1. The zero-order valence-corrected chi connectivity index (χ0v) is 11.4. The molecule has 0 unspecified atom stereocenters. The highest BCUT2D eigenvalue weighted by molar-refractivity contribution is 5.34. The van der Waals surface area contributed by atoms with Gasteiger partial charge in [0.15, 0.2) is 0 Å². The molecule has 5 nitrogen and oxygen atoms in total. The van der Waals surface area contributed by atoms with E-state index in [9.17, 15) is 10.2 Å². The van der Waals surface area contributed by atoms with Gasteiger partial charge >= 0.3 is 0 Å². The second kappa shape index (κ2) is 7.25. The number of benzene rings is 1. The molecule has 1 aromatic rings. The number of nitrogens with zero attached hydrogens (tertiary/aromatic N) is 2. The van der Waals surface area contributed by atoms with Crippen LogP contribution in [0, 0.1) is 11.3 Å². The van der Waals surface area contributed by atoms with Gasteiger partial charge in [-0.15, -0.1) is 0 Å². The summed E-state index contributed by atoms with van der Waals surface area (Å²) in [7, 11) is 0. The van der Waals surface area contributed by atoms with Crippen molar-refractivity contribution in [3.8, 4) is 11.8 Å². The summed E-state index contributed by atoms with van der Waals surface area (Å²) in [5, 5.41) is 28.2. The Balaban J connectivity index is 1.74. The Bertz CT molecular complexity index is 455. The Morgan fingerprint density at radius 2 is 2.15 bits per heavy atom. The highest BCUT2D eigenvalue weighted by atomic mass is 16.5. The Morgan fingerprint density at radius 1 is 1.40 bits per heavy atom. The molecule has 0 spiro atoms. The van der Waals surface area contributed by atoms with Crippen LogP contribution in [0.2, 0.25) is 0 Å². The van der Waals surface area contributed by atoms with Gasteiger partial charge in [-0.2, -0.15) is 5.26 Å². The number of aliphatic hydroxyl groups excluding tert-OH is 2. The van der Waals surface area contributed by atoms with E-state index in [1.807, 2.05) is 6.07 Å². The standard InChI is InChI=1S/C15H20N2O3/c16-8-12-3-5-15(6-4-12)20-11-14(19)10-17-7-1-2-13(18)9-17/h3-6,13-14,18-19H,1-2,7,9-11H2/t13-,14-/m1/s1. The van der Waals surface area contributed by atoms with E-state index >= 15 is 0 Å². The third-order valence-corrected chi connectivity index (χ3v) is 3.38. The molecule has 5 heteroatoms. The Hall–Kier alpha value is -1.61. The third-order valence-electron chi connectivity index (χ3n) is 3.38. The van der Waals surface area contributed by atoms with Gasteiger partial charge in [0, 0.05) is 13.1 Å². The van der Waals surface area contributed by atoms with Crippen molar-refractivity contribution in [1.82, 2.24) is 4.90 Å². The fourth-order valence-electron chi connectivity index (χ4n) is 2.37. The fourth-order valence-corrected chi connectivity index (χ4v) is 2.37. The molecule has 0 bridgehead atoms. The quantitative estimate of drug-likeness (QED) is 0.830. The fraction of sp³-hybridized carbons (Fsp3) is 0.533. The number of nitriles is 1. The number of likely N-dealkylation sites (tertiary alicyclic amines) is 1. The summed E-state index contributed by atoms with van der Waals surface area (Å²) in [6, 6.07) is 8.84. The first-order valence-electron chi connectivity index (χ1n) is 6.89. The maximum Gasteiger partial charge on any atom is 0.119 e. The van der Waals surface area contributed by atoms with Crippen LogP contribution in [0.5, 0.6) is 5.75 Å². The summed E-state index contributed by atoms with van der Waals surface area (Å²) >= 11 is 0. The van der Waals surface area contributed by atoms with Crippen molar-refractivity contribution in [3.63, 3.8) is 0 Å². The van der Waals surface area contributed by atoms with Gasteiger partial charge in [0.05, 0.1) is 17.7 Å². The van der Waals surface area contributed by atoms with Crippen molar-refractivity contribution in [2.24, 2.45) is 0 Å². The first-order valence-corrected chi connectivity index (χ1v) is 6.89. The Morgan fingerprint density at radius 3 is 2.80 bits per heavy atom. The number of hydrogen-bond donors (Lipinski definition) is 2. The van der Waals surface area contributed by atoms with Crippen LogP contribution in [0.1, 0.15) is 18.4 Å². The molecule has 0 radical (unpaired) electrons. The van der Waals surface area contributed by atoms with Gasteiger partial charge in [0.1, 0.15) is 18.5 Å². The van der Waals surface area contributed by atoms with Crippen LogP contribution >= 0.6 is 0 Å². The topological polar surface area (TPSA) is 76.7 Å². The predicted molar refractivity (Wildman–Crippen MR) is 74.3 cm³/mol. The predicted octanol–water partition coefficient (Wildman–Crippen LogP) is 0.755. The van der Waals surface area contributed by atoms with E-state index in [0.717, 1.165) is 19.4 Å². The van der Waals surface area contributed by atoms with Gasteiger partial charge < -0.3 is 14.9 Å². The van der Waals surface area contributed by atoms with E-state index in [2.05, 4.69) is 4.90 Å². The lowest BCUT2D eigenvalue weighted by Gasteiger charge is -2.31. The lowest BCUT2D eigenvalue weighted by Crippen LogP contribution is -2.43. The second-order valence-corrected chi connectivity index (χ2v) is 5.16. The van der Waals surface area contributed by atoms with Crippen LogP contribution in [0.3, 0.4) is 0 Å². The molecule has 20 heavy (non-hydrogen) atoms. The summed E-state index contributed by atoms with van der Waals surface area (Å²) in [5.74, 6) is 0.640. The zero-order valence-electron chi connectivity index (χ0n) is 11.4. The van der Waals surface area contributed by atoms with Crippen molar-refractivity contribution in [2.75, 3.05) is 26.2 Å². The van der Waals surface area contributed by atoms with Gasteiger partial charge in [-0.05, 0) is 43.7 Å². The molecule has 1 aliphatic heterocycles. The summed E-state index contributed by atoms with van der Waals surface area (Å²) in [6.45, 7) is 2.24. The summed E-state index contributed by atoms with van der Waals surface area (Å²) in [6.07, 6.45) is 0.935. The highest BCUT2D eigenvalue weighted by Crippen LogP contribution is 2.13. The molecule has 0 aromatic heterocycles. The van der Waals surface area contributed by atoms with Crippen LogP contribution in [-0.2, 0) is 0 Å². The van der Waals surface area contributed by atoms with Gasteiger partial charge in [0.25, 0.3) is 0 Å². The van der Waals surface area contributed by atoms with Crippen LogP contribution in [0.25, 0.3) is 0 Å². The second-order valence-electron chi connectivity index (χ2n) is 5.16. The van der Waals surface area contributed by atoms with Gasteiger partial charge in [-0.25, -0.2) is 0 Å². The van der Waals surface area contributed by atoms with E-state index in [1.165, 1.54) is 0 Å². The minimum absolute atomic E-state index is 0.207. The monoisotopic (exact) mass is 276 g/mol. The van der Waals surface area contributed by atoms with Crippen LogP contribution in [0.4, 0.5) is 0 Å². The van der Waals surface area contributed by atoms with Crippen molar-refractivity contribution in [1.29, 1.82) is 5.26 Å². The highest BCUT2D eigenvalue weighted by Gasteiger charge is 2.20. The van der Waals surface area contributed by atoms with Gasteiger partial charge in [0.2, 0.25) is 0 Å². The van der Waals surface area contributed by atoms with Crippen molar-refractivity contribution >= 4 is 0 Å². The van der Waals surface area contributed by atoms with Gasteiger partial charge in [-0.1, -0.05) is 0 Å². The molecular formula is C15H20N2O3. The maximum atomic E-state index is 9.95. The Labute approximate surface area is 119 Å². The maximum absolute atomic E-state index is 9.95. The largest absolute Gasteiger partial charge is 0.491 e. The van der Waals surface area contributed by atoms with E-state index < -0.39 is 6.10 Å². The number of piperidine rings is 1. The molecule has 1 aliphatic rings.